The van der Waals surface area contributed by atoms with Gasteiger partial charge in [-0.05, 0) is 49.4 Å². The zero-order chi connectivity index (χ0) is 18.4. The second kappa shape index (κ2) is 9.44. The predicted octanol–water partition coefficient (Wildman–Crippen LogP) is 5.85. The van der Waals surface area contributed by atoms with Gasteiger partial charge in [0.15, 0.2) is 0 Å². The van der Waals surface area contributed by atoms with E-state index in [0.717, 1.165) is 24.5 Å². The van der Waals surface area contributed by atoms with Gasteiger partial charge in [-0.2, -0.15) is 0 Å². The summed E-state index contributed by atoms with van der Waals surface area (Å²) in [5.41, 5.74) is 3.67. The number of hydrogen-bond donors (Lipinski definition) is 1. The van der Waals surface area contributed by atoms with E-state index in [1.165, 1.54) is 40.3 Å². The Morgan fingerprint density at radius 1 is 1.08 bits per heavy atom. The third kappa shape index (κ3) is 5.35. The van der Waals surface area contributed by atoms with Crippen LogP contribution in [0.15, 0.2) is 28.1 Å². The van der Waals surface area contributed by atoms with Crippen LogP contribution in [0.4, 0.5) is 0 Å². The van der Waals surface area contributed by atoms with Gasteiger partial charge in [0, 0.05) is 11.4 Å². The lowest BCUT2D eigenvalue weighted by Gasteiger charge is -2.13. The molecule has 2 aromatic rings. The highest BCUT2D eigenvalue weighted by Crippen LogP contribution is 2.36. The molecular weight excluding hydrogens is 328 g/mol. The second-order valence-electron chi connectivity index (χ2n) is 7.17. The highest BCUT2D eigenvalue weighted by molar-refractivity contribution is 7.99. The van der Waals surface area contributed by atoms with Crippen LogP contribution in [0.2, 0.25) is 0 Å². The Hall–Kier alpha value is -1.26. The molecular formula is C21H32N2OS. The van der Waals surface area contributed by atoms with Crippen LogP contribution in [0.5, 0.6) is 0 Å². The van der Waals surface area contributed by atoms with E-state index in [4.69, 9.17) is 4.98 Å². The van der Waals surface area contributed by atoms with Gasteiger partial charge in [0.05, 0.1) is 5.69 Å². The first-order chi connectivity index (χ1) is 12.0. The van der Waals surface area contributed by atoms with Gasteiger partial charge in [-0.25, -0.2) is 4.98 Å². The van der Waals surface area contributed by atoms with Crippen molar-refractivity contribution in [3.05, 3.63) is 40.8 Å². The molecule has 0 aliphatic heterocycles. The van der Waals surface area contributed by atoms with E-state index >= 15 is 0 Å². The quantitative estimate of drug-likeness (QED) is 0.570. The van der Waals surface area contributed by atoms with Crippen molar-refractivity contribution >= 4 is 11.8 Å². The fourth-order valence-corrected chi connectivity index (χ4v) is 4.54. The minimum atomic E-state index is 0.000896. The Balaban J connectivity index is 2.36. The van der Waals surface area contributed by atoms with Crippen LogP contribution in [0, 0.1) is 13.8 Å². The van der Waals surface area contributed by atoms with Crippen LogP contribution in [0.3, 0.4) is 0 Å². The maximum absolute atomic E-state index is 9.80. The van der Waals surface area contributed by atoms with Crippen molar-refractivity contribution in [1.82, 2.24) is 9.55 Å². The van der Waals surface area contributed by atoms with Gasteiger partial charge in [0.25, 0.3) is 0 Å². The number of aryl methyl sites for hydroxylation is 2. The van der Waals surface area contributed by atoms with Gasteiger partial charge >= 0.3 is 0 Å². The van der Waals surface area contributed by atoms with Crippen molar-refractivity contribution in [3.63, 3.8) is 0 Å². The van der Waals surface area contributed by atoms with E-state index in [9.17, 15) is 5.11 Å². The average molecular weight is 361 g/mol. The van der Waals surface area contributed by atoms with E-state index in [0.29, 0.717) is 5.92 Å². The smallest absolute Gasteiger partial charge is 0.135 e. The summed E-state index contributed by atoms with van der Waals surface area (Å²) in [6.45, 7) is 11.8. The minimum Gasteiger partial charge on any atom is -0.388 e. The van der Waals surface area contributed by atoms with Crippen molar-refractivity contribution in [1.29, 1.82) is 0 Å². The van der Waals surface area contributed by atoms with Gasteiger partial charge < -0.3 is 9.67 Å². The standard InChI is InChI=1S/C21H32N2OS/c1-6-7-8-9-10-23-19(14-24)22-20(15(2)3)21(23)25-18-12-16(4)11-17(5)13-18/h11-13,15,24H,6-10,14H2,1-5H3. The largest absolute Gasteiger partial charge is 0.388 e. The molecule has 0 aliphatic rings. The van der Waals surface area contributed by atoms with Crippen LogP contribution in [-0.4, -0.2) is 14.7 Å². The van der Waals surface area contributed by atoms with Crippen molar-refractivity contribution in [3.8, 4) is 0 Å². The maximum Gasteiger partial charge on any atom is 0.135 e. The van der Waals surface area contributed by atoms with Gasteiger partial charge in [0.2, 0.25) is 0 Å². The van der Waals surface area contributed by atoms with E-state index in [1.54, 1.807) is 11.8 Å². The summed E-state index contributed by atoms with van der Waals surface area (Å²) in [7, 11) is 0. The van der Waals surface area contributed by atoms with Gasteiger partial charge in [0.1, 0.15) is 17.5 Å². The molecule has 25 heavy (non-hydrogen) atoms. The number of benzene rings is 1. The summed E-state index contributed by atoms with van der Waals surface area (Å²) in [5.74, 6) is 1.14. The molecule has 1 N–H and O–H groups in total. The summed E-state index contributed by atoms with van der Waals surface area (Å²) in [6, 6.07) is 6.66. The zero-order valence-electron chi connectivity index (χ0n) is 16.3. The van der Waals surface area contributed by atoms with E-state index in [2.05, 4.69) is 57.4 Å². The Labute approximate surface area is 156 Å². The van der Waals surface area contributed by atoms with Crippen LogP contribution in [-0.2, 0) is 13.2 Å². The molecule has 0 aliphatic carbocycles. The molecule has 0 unspecified atom stereocenters. The first-order valence-electron chi connectivity index (χ1n) is 9.42. The number of rotatable bonds is 9. The lowest BCUT2D eigenvalue weighted by atomic mass is 10.1. The molecule has 4 heteroatoms. The van der Waals surface area contributed by atoms with Crippen molar-refractivity contribution in [2.24, 2.45) is 0 Å². The number of aromatic nitrogens is 2. The van der Waals surface area contributed by atoms with Crippen LogP contribution in [0.1, 0.15) is 75.0 Å². The molecule has 2 rings (SSSR count). The second-order valence-corrected chi connectivity index (χ2v) is 8.23. The maximum atomic E-state index is 9.80. The fraction of sp³-hybridized carbons (Fsp3) is 0.571. The van der Waals surface area contributed by atoms with Crippen LogP contribution >= 0.6 is 11.8 Å². The average Bonchev–Trinajstić information content (AvgIpc) is 2.88. The van der Waals surface area contributed by atoms with Gasteiger partial charge in [-0.3, -0.25) is 0 Å². The van der Waals surface area contributed by atoms with E-state index < -0.39 is 0 Å². The molecule has 0 saturated heterocycles. The lowest BCUT2D eigenvalue weighted by Crippen LogP contribution is -2.05. The number of imidazole rings is 1. The Morgan fingerprint density at radius 2 is 1.76 bits per heavy atom. The van der Waals surface area contributed by atoms with E-state index in [-0.39, 0.29) is 6.61 Å². The summed E-state index contributed by atoms with van der Waals surface area (Å²) < 4.78 is 2.24. The Kier molecular flexibility index (Phi) is 7.57. The number of aliphatic hydroxyl groups is 1. The molecule has 138 valence electrons. The van der Waals surface area contributed by atoms with Crippen molar-refractivity contribution < 1.29 is 5.11 Å². The monoisotopic (exact) mass is 360 g/mol. The topological polar surface area (TPSA) is 38.0 Å². The van der Waals surface area contributed by atoms with Crippen LogP contribution in [0.25, 0.3) is 0 Å². The molecule has 0 radical (unpaired) electrons. The molecule has 0 atom stereocenters. The Morgan fingerprint density at radius 3 is 2.32 bits per heavy atom. The van der Waals surface area contributed by atoms with Gasteiger partial charge in [-0.15, -0.1) is 0 Å². The lowest BCUT2D eigenvalue weighted by molar-refractivity contribution is 0.263. The zero-order valence-corrected chi connectivity index (χ0v) is 17.1. The third-order valence-electron chi connectivity index (χ3n) is 4.36. The SMILES string of the molecule is CCCCCCn1c(CO)nc(C(C)C)c1Sc1cc(C)cc(C)c1. The number of aliphatic hydroxyl groups excluding tert-OH is 1. The third-order valence-corrected chi connectivity index (χ3v) is 5.45. The van der Waals surface area contributed by atoms with E-state index in [1.807, 2.05) is 0 Å². The molecule has 1 heterocycles. The minimum absolute atomic E-state index is 0.000896. The Bertz CT molecular complexity index is 671. The molecule has 0 spiro atoms. The normalized spacial score (nSPS) is 11.5. The molecule has 0 saturated carbocycles. The summed E-state index contributed by atoms with van der Waals surface area (Å²) >= 11 is 1.79. The van der Waals surface area contributed by atoms with Crippen molar-refractivity contribution in [2.75, 3.05) is 0 Å². The first kappa shape index (κ1) is 20.1. The van der Waals surface area contributed by atoms with Crippen LogP contribution < -0.4 is 0 Å². The number of nitrogens with zero attached hydrogens (tertiary/aromatic N) is 2. The summed E-state index contributed by atoms with van der Waals surface area (Å²) in [4.78, 5) is 6.01. The molecule has 1 aromatic heterocycles. The molecule has 0 bridgehead atoms. The predicted molar refractivity (Wildman–Crippen MR) is 106 cm³/mol. The first-order valence-corrected chi connectivity index (χ1v) is 10.2. The highest BCUT2D eigenvalue weighted by Gasteiger charge is 2.20. The number of hydrogen-bond acceptors (Lipinski definition) is 3. The highest BCUT2D eigenvalue weighted by atomic mass is 32.2. The molecule has 3 nitrogen and oxygen atoms in total. The van der Waals surface area contributed by atoms with Crippen molar-refractivity contribution in [2.45, 2.75) is 89.3 Å². The number of unbranched alkanes of at least 4 members (excludes halogenated alkanes) is 3. The molecule has 0 fully saturated rings. The fourth-order valence-electron chi connectivity index (χ4n) is 3.14. The molecule has 1 aromatic carbocycles. The summed E-state index contributed by atoms with van der Waals surface area (Å²) in [5, 5.41) is 11.0. The van der Waals surface area contributed by atoms with Gasteiger partial charge in [-0.1, -0.05) is 57.9 Å². The summed E-state index contributed by atoms with van der Waals surface area (Å²) in [6.07, 6.45) is 4.86. The molecule has 0 amide bonds.